The molecule has 0 saturated heterocycles. The van der Waals surface area contributed by atoms with Gasteiger partial charge >= 0.3 is 0 Å². The van der Waals surface area contributed by atoms with Gasteiger partial charge in [-0.1, -0.05) is 6.92 Å². The molecule has 1 atom stereocenters. The van der Waals surface area contributed by atoms with E-state index in [0.29, 0.717) is 19.2 Å². The van der Waals surface area contributed by atoms with Crippen molar-refractivity contribution in [3.63, 3.8) is 0 Å². The van der Waals surface area contributed by atoms with Crippen LogP contribution in [-0.2, 0) is 11.2 Å². The van der Waals surface area contributed by atoms with E-state index in [2.05, 4.69) is 28.7 Å². The van der Waals surface area contributed by atoms with Gasteiger partial charge < -0.3 is 15.4 Å². The standard InChI is InChI=1S/C13H24N4O/c1-4-11(2)17(7-8-18-3)13-15-9-12(5-6-14)10-16-13/h9-11H,4-8,14H2,1-3H3. The Kier molecular flexibility index (Phi) is 6.60. The van der Waals surface area contributed by atoms with Crippen molar-refractivity contribution in [2.75, 3.05) is 31.7 Å². The first kappa shape index (κ1) is 14.9. The minimum atomic E-state index is 0.403. The van der Waals surface area contributed by atoms with Gasteiger partial charge in [0.15, 0.2) is 0 Å². The Morgan fingerprint density at radius 3 is 2.56 bits per heavy atom. The average Bonchev–Trinajstić information content (AvgIpc) is 2.41. The number of anilines is 1. The van der Waals surface area contributed by atoms with E-state index in [1.54, 1.807) is 7.11 Å². The van der Waals surface area contributed by atoms with Crippen LogP contribution in [0.1, 0.15) is 25.8 Å². The van der Waals surface area contributed by atoms with E-state index >= 15 is 0 Å². The second kappa shape index (κ2) is 8.00. The largest absolute Gasteiger partial charge is 0.383 e. The molecule has 0 saturated carbocycles. The molecule has 0 spiro atoms. The molecule has 5 nitrogen and oxygen atoms in total. The van der Waals surface area contributed by atoms with Crippen molar-refractivity contribution in [2.24, 2.45) is 5.73 Å². The topological polar surface area (TPSA) is 64.3 Å². The Labute approximate surface area is 109 Å². The molecule has 1 aromatic heterocycles. The number of ether oxygens (including phenoxy) is 1. The van der Waals surface area contributed by atoms with Gasteiger partial charge in [-0.05, 0) is 31.9 Å². The van der Waals surface area contributed by atoms with Crippen molar-refractivity contribution in [3.8, 4) is 0 Å². The first-order valence-corrected chi connectivity index (χ1v) is 6.49. The molecule has 0 aliphatic rings. The third kappa shape index (κ3) is 4.23. The third-order valence-electron chi connectivity index (χ3n) is 3.04. The van der Waals surface area contributed by atoms with E-state index in [9.17, 15) is 0 Å². The van der Waals surface area contributed by atoms with E-state index < -0.39 is 0 Å². The normalized spacial score (nSPS) is 12.4. The molecule has 0 amide bonds. The summed E-state index contributed by atoms with van der Waals surface area (Å²) < 4.78 is 5.14. The summed E-state index contributed by atoms with van der Waals surface area (Å²) in [5, 5.41) is 0. The minimum absolute atomic E-state index is 0.403. The molecule has 1 unspecified atom stereocenters. The van der Waals surface area contributed by atoms with Crippen LogP contribution < -0.4 is 10.6 Å². The minimum Gasteiger partial charge on any atom is -0.383 e. The van der Waals surface area contributed by atoms with Crippen molar-refractivity contribution in [2.45, 2.75) is 32.7 Å². The quantitative estimate of drug-likeness (QED) is 0.754. The van der Waals surface area contributed by atoms with Crippen LogP contribution in [-0.4, -0.2) is 42.8 Å². The summed E-state index contributed by atoms with van der Waals surface area (Å²) in [7, 11) is 1.71. The molecule has 0 aliphatic carbocycles. The highest BCUT2D eigenvalue weighted by Crippen LogP contribution is 2.13. The molecule has 1 rings (SSSR count). The highest BCUT2D eigenvalue weighted by Gasteiger charge is 2.15. The van der Waals surface area contributed by atoms with Crippen LogP contribution in [0.2, 0.25) is 0 Å². The van der Waals surface area contributed by atoms with Crippen LogP contribution in [0.4, 0.5) is 5.95 Å². The summed E-state index contributed by atoms with van der Waals surface area (Å²) in [5.41, 5.74) is 6.59. The zero-order chi connectivity index (χ0) is 13.4. The van der Waals surface area contributed by atoms with Crippen LogP contribution in [0.5, 0.6) is 0 Å². The van der Waals surface area contributed by atoms with Gasteiger partial charge in [0.25, 0.3) is 0 Å². The molecule has 0 bridgehead atoms. The second-order valence-electron chi connectivity index (χ2n) is 4.37. The van der Waals surface area contributed by atoms with Gasteiger partial charge in [0.05, 0.1) is 6.61 Å². The molecule has 1 heterocycles. The van der Waals surface area contributed by atoms with Gasteiger partial charge in [0.2, 0.25) is 5.95 Å². The molecule has 102 valence electrons. The summed E-state index contributed by atoms with van der Waals surface area (Å²) in [4.78, 5) is 11.0. The number of nitrogens with zero attached hydrogens (tertiary/aromatic N) is 3. The molecule has 0 radical (unpaired) electrons. The van der Waals surface area contributed by atoms with E-state index in [4.69, 9.17) is 10.5 Å². The predicted molar refractivity (Wildman–Crippen MR) is 73.8 cm³/mol. The smallest absolute Gasteiger partial charge is 0.225 e. The van der Waals surface area contributed by atoms with Gasteiger partial charge in [-0.15, -0.1) is 0 Å². The predicted octanol–water partition coefficient (Wildman–Crippen LogP) is 1.23. The maximum atomic E-state index is 5.51. The summed E-state index contributed by atoms with van der Waals surface area (Å²) in [6.07, 6.45) is 5.59. The van der Waals surface area contributed by atoms with Crippen molar-refractivity contribution < 1.29 is 4.74 Å². The average molecular weight is 252 g/mol. The lowest BCUT2D eigenvalue weighted by atomic mass is 10.2. The molecule has 0 fully saturated rings. The van der Waals surface area contributed by atoms with E-state index in [0.717, 1.165) is 30.9 Å². The van der Waals surface area contributed by atoms with E-state index in [1.165, 1.54) is 0 Å². The Morgan fingerprint density at radius 2 is 2.06 bits per heavy atom. The van der Waals surface area contributed by atoms with E-state index in [-0.39, 0.29) is 0 Å². The fourth-order valence-electron chi connectivity index (χ4n) is 1.72. The van der Waals surface area contributed by atoms with Crippen molar-refractivity contribution in [1.29, 1.82) is 0 Å². The maximum Gasteiger partial charge on any atom is 0.225 e. The summed E-state index contributed by atoms with van der Waals surface area (Å²) in [6, 6.07) is 0.403. The molecule has 0 aromatic carbocycles. The Balaban J connectivity index is 2.77. The van der Waals surface area contributed by atoms with Gasteiger partial charge in [-0.25, -0.2) is 9.97 Å². The van der Waals surface area contributed by atoms with E-state index in [1.807, 2.05) is 12.4 Å². The lowest BCUT2D eigenvalue weighted by molar-refractivity contribution is 0.203. The fourth-order valence-corrected chi connectivity index (χ4v) is 1.72. The monoisotopic (exact) mass is 252 g/mol. The Hall–Kier alpha value is -1.20. The van der Waals surface area contributed by atoms with Crippen molar-refractivity contribution >= 4 is 5.95 Å². The zero-order valence-corrected chi connectivity index (χ0v) is 11.6. The van der Waals surface area contributed by atoms with Crippen LogP contribution in [0.15, 0.2) is 12.4 Å². The molecule has 2 N–H and O–H groups in total. The van der Waals surface area contributed by atoms with Gasteiger partial charge in [0, 0.05) is 32.1 Å². The number of nitrogens with two attached hydrogens (primary N) is 1. The SMILES string of the molecule is CCC(C)N(CCOC)c1ncc(CCN)cn1. The Morgan fingerprint density at radius 1 is 1.39 bits per heavy atom. The number of hydrogen-bond donors (Lipinski definition) is 1. The van der Waals surface area contributed by atoms with Crippen LogP contribution >= 0.6 is 0 Å². The van der Waals surface area contributed by atoms with Crippen LogP contribution in [0.3, 0.4) is 0 Å². The highest BCUT2D eigenvalue weighted by molar-refractivity contribution is 5.31. The van der Waals surface area contributed by atoms with Gasteiger partial charge in [0.1, 0.15) is 0 Å². The van der Waals surface area contributed by atoms with Crippen molar-refractivity contribution in [3.05, 3.63) is 18.0 Å². The third-order valence-corrected chi connectivity index (χ3v) is 3.04. The van der Waals surface area contributed by atoms with Crippen LogP contribution in [0.25, 0.3) is 0 Å². The van der Waals surface area contributed by atoms with Gasteiger partial charge in [-0.3, -0.25) is 0 Å². The summed E-state index contributed by atoms with van der Waals surface area (Å²) in [6.45, 7) is 6.45. The summed E-state index contributed by atoms with van der Waals surface area (Å²) >= 11 is 0. The first-order valence-electron chi connectivity index (χ1n) is 6.49. The number of hydrogen-bond acceptors (Lipinski definition) is 5. The van der Waals surface area contributed by atoms with Crippen LogP contribution in [0, 0.1) is 0 Å². The van der Waals surface area contributed by atoms with Gasteiger partial charge in [-0.2, -0.15) is 0 Å². The Bertz CT molecular complexity index is 328. The lowest BCUT2D eigenvalue weighted by Crippen LogP contribution is -2.36. The first-order chi connectivity index (χ1) is 8.72. The van der Waals surface area contributed by atoms with Crippen molar-refractivity contribution in [1.82, 2.24) is 9.97 Å². The molecular formula is C13H24N4O. The molecule has 18 heavy (non-hydrogen) atoms. The molecule has 1 aromatic rings. The number of methoxy groups -OCH3 is 1. The summed E-state index contributed by atoms with van der Waals surface area (Å²) in [5.74, 6) is 0.766. The maximum absolute atomic E-state index is 5.51. The lowest BCUT2D eigenvalue weighted by Gasteiger charge is -2.28. The molecular weight excluding hydrogens is 228 g/mol. The highest BCUT2D eigenvalue weighted by atomic mass is 16.5. The fraction of sp³-hybridized carbons (Fsp3) is 0.692. The number of rotatable bonds is 8. The molecule has 5 heteroatoms. The molecule has 0 aliphatic heterocycles. The number of aromatic nitrogens is 2. The zero-order valence-electron chi connectivity index (χ0n) is 11.6. The second-order valence-corrected chi connectivity index (χ2v) is 4.37.